The van der Waals surface area contributed by atoms with E-state index in [1.165, 1.54) is 11.5 Å². The van der Waals surface area contributed by atoms with Gasteiger partial charge in [0.15, 0.2) is 0 Å². The maximum absolute atomic E-state index is 13.6. The first-order valence-corrected chi connectivity index (χ1v) is 11.8. The van der Waals surface area contributed by atoms with Gasteiger partial charge in [-0.3, -0.25) is 9.36 Å². The summed E-state index contributed by atoms with van der Waals surface area (Å²) in [6.07, 6.45) is -0.320. The van der Waals surface area contributed by atoms with Crippen LogP contribution < -0.4 is 10.8 Å². The van der Waals surface area contributed by atoms with Crippen LogP contribution in [0.4, 0.5) is 9.59 Å². The molecule has 1 aromatic heterocycles. The highest BCUT2D eigenvalue weighted by atomic mass is 16.6. The molecule has 1 aromatic carbocycles. The molecule has 10 heteroatoms. The predicted molar refractivity (Wildman–Crippen MR) is 130 cm³/mol. The first-order valence-electron chi connectivity index (χ1n) is 11.8. The fraction of sp³-hybridized carbons (Fsp3) is 0.538. The molecule has 3 atom stereocenters. The van der Waals surface area contributed by atoms with Crippen molar-refractivity contribution in [1.82, 2.24) is 9.47 Å². The number of carboxylic acid groups (broad SMARTS) is 1. The highest BCUT2D eigenvalue weighted by molar-refractivity contribution is 6.03. The number of para-hydroxylation sites is 1. The van der Waals surface area contributed by atoms with Gasteiger partial charge >= 0.3 is 12.2 Å². The first-order chi connectivity index (χ1) is 16.5. The summed E-state index contributed by atoms with van der Waals surface area (Å²) in [7, 11) is 0. The van der Waals surface area contributed by atoms with E-state index >= 15 is 0 Å². The topological polar surface area (TPSA) is 144 Å². The van der Waals surface area contributed by atoms with Gasteiger partial charge in [0.2, 0.25) is 5.91 Å². The van der Waals surface area contributed by atoms with E-state index in [1.807, 2.05) is 0 Å². The second kappa shape index (κ2) is 9.24. The number of fused-ring (bicyclic) bond motifs is 1. The predicted octanol–water partition coefficient (Wildman–Crippen LogP) is 2.76. The number of carboxylic acids is 1. The Bertz CT molecular complexity index is 1200. The fourth-order valence-electron chi connectivity index (χ4n) is 4.58. The molecule has 2 unspecified atom stereocenters. The minimum atomic E-state index is -1.93. The highest BCUT2D eigenvalue weighted by Gasteiger charge is 2.55. The van der Waals surface area contributed by atoms with E-state index in [0.29, 0.717) is 21.4 Å². The number of aromatic nitrogens is 1. The molecule has 0 saturated carbocycles. The molecular weight excluding hydrogens is 466 g/mol. The molecule has 2 aromatic rings. The van der Waals surface area contributed by atoms with Gasteiger partial charge in [0, 0.05) is 30.0 Å². The Morgan fingerprint density at radius 3 is 2.17 bits per heavy atom. The normalized spacial score (nSPS) is 21.5. The van der Waals surface area contributed by atoms with Crippen molar-refractivity contribution in [2.75, 3.05) is 6.54 Å². The standard InChI is InChI=1S/C26H35N3O7/c1-24(2,3)35-22(33)28-14-18(15-10-8-9-11-19(15)28)17(13-27)16-12-26(7,21(31)32)29(20(16)30)23(34)36-25(4,5)6/h8-11,14,16-17H,12-13,27H2,1-7H3,(H,31,32)/p-1/t16?,17?,26-/m0/s1. The molecule has 0 bridgehead atoms. The maximum atomic E-state index is 13.6. The quantitative estimate of drug-likeness (QED) is 0.675. The number of amides is 2. The van der Waals surface area contributed by atoms with Crippen molar-refractivity contribution < 1.29 is 33.8 Å². The van der Waals surface area contributed by atoms with Crippen LogP contribution in [0.3, 0.4) is 0 Å². The number of rotatable bonds is 4. The lowest BCUT2D eigenvalue weighted by Gasteiger charge is -2.35. The van der Waals surface area contributed by atoms with Crippen molar-refractivity contribution in [2.45, 2.75) is 77.5 Å². The first kappa shape index (κ1) is 27.2. The molecule has 2 N–H and O–H groups in total. The van der Waals surface area contributed by atoms with Crippen molar-refractivity contribution in [3.63, 3.8) is 0 Å². The molecular formula is C26H34N3O7-. The summed E-state index contributed by atoms with van der Waals surface area (Å²) < 4.78 is 12.2. The molecule has 2 heterocycles. The van der Waals surface area contributed by atoms with E-state index in [1.54, 1.807) is 72.0 Å². The Labute approximate surface area is 210 Å². The molecule has 1 aliphatic rings. The molecule has 1 fully saturated rings. The molecule has 1 saturated heterocycles. The lowest BCUT2D eigenvalue weighted by molar-refractivity contribution is -0.316. The van der Waals surface area contributed by atoms with Crippen LogP contribution in [0.5, 0.6) is 0 Å². The Kier molecular flexibility index (Phi) is 6.98. The lowest BCUT2D eigenvalue weighted by atomic mass is 9.81. The number of ether oxygens (including phenoxy) is 2. The van der Waals surface area contributed by atoms with Crippen LogP contribution in [0.15, 0.2) is 30.5 Å². The fourth-order valence-corrected chi connectivity index (χ4v) is 4.58. The van der Waals surface area contributed by atoms with Gasteiger partial charge in [-0.1, -0.05) is 18.2 Å². The van der Waals surface area contributed by atoms with Crippen LogP contribution in [0.2, 0.25) is 0 Å². The minimum Gasteiger partial charge on any atom is -0.548 e. The summed E-state index contributed by atoms with van der Waals surface area (Å²) in [4.78, 5) is 52.2. The molecule has 10 nitrogen and oxygen atoms in total. The molecule has 196 valence electrons. The van der Waals surface area contributed by atoms with Crippen LogP contribution in [0.1, 0.15) is 66.4 Å². The van der Waals surface area contributed by atoms with Crippen molar-refractivity contribution in [1.29, 1.82) is 0 Å². The van der Waals surface area contributed by atoms with Gasteiger partial charge in [0.05, 0.1) is 17.0 Å². The van der Waals surface area contributed by atoms with Gasteiger partial charge in [-0.25, -0.2) is 14.5 Å². The summed E-state index contributed by atoms with van der Waals surface area (Å²) in [5.41, 5.74) is 3.65. The molecule has 0 radical (unpaired) electrons. The Balaban J connectivity index is 2.09. The second-order valence-corrected chi connectivity index (χ2v) is 11.3. The summed E-state index contributed by atoms with van der Waals surface area (Å²) >= 11 is 0. The third-order valence-electron chi connectivity index (χ3n) is 6.14. The van der Waals surface area contributed by atoms with E-state index in [2.05, 4.69) is 0 Å². The second-order valence-electron chi connectivity index (χ2n) is 11.3. The summed E-state index contributed by atoms with van der Waals surface area (Å²) in [5.74, 6) is -3.96. The zero-order valence-corrected chi connectivity index (χ0v) is 21.8. The molecule has 0 spiro atoms. The van der Waals surface area contributed by atoms with Crippen molar-refractivity contribution >= 4 is 35.0 Å². The third-order valence-corrected chi connectivity index (χ3v) is 6.14. The smallest absolute Gasteiger partial charge is 0.419 e. The van der Waals surface area contributed by atoms with Crippen molar-refractivity contribution in [3.05, 3.63) is 36.0 Å². The summed E-state index contributed by atoms with van der Waals surface area (Å²) in [5, 5.41) is 12.8. The van der Waals surface area contributed by atoms with Gasteiger partial charge in [0.25, 0.3) is 0 Å². The van der Waals surface area contributed by atoms with Gasteiger partial charge in [-0.15, -0.1) is 0 Å². The number of carbonyl (C=O) groups is 4. The van der Waals surface area contributed by atoms with E-state index in [0.717, 1.165) is 0 Å². The van der Waals surface area contributed by atoms with Crippen molar-refractivity contribution in [3.8, 4) is 0 Å². The van der Waals surface area contributed by atoms with Gasteiger partial charge in [0.1, 0.15) is 11.2 Å². The summed E-state index contributed by atoms with van der Waals surface area (Å²) in [6, 6.07) is 7.08. The molecule has 0 aliphatic carbocycles. The lowest BCUT2D eigenvalue weighted by Crippen LogP contribution is -2.58. The largest absolute Gasteiger partial charge is 0.548 e. The number of likely N-dealkylation sites (tertiary alicyclic amines) is 1. The average molecular weight is 501 g/mol. The molecule has 3 rings (SSSR count). The zero-order valence-electron chi connectivity index (χ0n) is 21.8. The number of hydrogen-bond acceptors (Lipinski definition) is 8. The third kappa shape index (κ3) is 5.09. The highest BCUT2D eigenvalue weighted by Crippen LogP contribution is 2.44. The monoisotopic (exact) mass is 500 g/mol. The number of aliphatic carboxylic acids is 1. The van der Waals surface area contributed by atoms with Crippen LogP contribution in [-0.2, 0) is 19.1 Å². The molecule has 2 amide bonds. The Morgan fingerprint density at radius 1 is 1.08 bits per heavy atom. The van der Waals surface area contributed by atoms with E-state index < -0.39 is 52.6 Å². The molecule has 36 heavy (non-hydrogen) atoms. The van der Waals surface area contributed by atoms with E-state index in [4.69, 9.17) is 15.2 Å². The minimum absolute atomic E-state index is 0.0377. The van der Waals surface area contributed by atoms with Crippen LogP contribution >= 0.6 is 0 Å². The number of nitrogens with two attached hydrogens (primary N) is 1. The number of imide groups is 1. The average Bonchev–Trinajstić information content (AvgIpc) is 3.23. The Hall–Kier alpha value is -3.40. The van der Waals surface area contributed by atoms with Crippen LogP contribution in [-0.4, -0.2) is 56.8 Å². The number of carbonyl (C=O) groups excluding carboxylic acids is 4. The van der Waals surface area contributed by atoms with Crippen LogP contribution in [0.25, 0.3) is 10.9 Å². The number of benzene rings is 1. The van der Waals surface area contributed by atoms with Gasteiger partial charge in [-0.2, -0.15) is 0 Å². The van der Waals surface area contributed by atoms with Gasteiger partial charge in [-0.05, 0) is 66.5 Å². The van der Waals surface area contributed by atoms with Gasteiger partial charge < -0.3 is 25.1 Å². The van der Waals surface area contributed by atoms with E-state index in [9.17, 15) is 24.3 Å². The SMILES string of the molecule is CC(C)(C)OC(=O)N1C(=O)C(C(CN)c2cn(C(=O)OC(C)(C)C)c3ccccc23)C[C@@]1(C)C(=O)[O-]. The Morgan fingerprint density at radius 2 is 1.64 bits per heavy atom. The zero-order chi connectivity index (χ0) is 27.2. The van der Waals surface area contributed by atoms with Crippen LogP contribution in [0, 0.1) is 5.92 Å². The maximum Gasteiger partial charge on any atom is 0.419 e. The summed E-state index contributed by atoms with van der Waals surface area (Å²) in [6.45, 7) is 11.3. The number of nitrogens with zero attached hydrogens (tertiary/aromatic N) is 2. The van der Waals surface area contributed by atoms with E-state index in [-0.39, 0.29) is 13.0 Å². The number of hydrogen-bond donors (Lipinski definition) is 1. The van der Waals surface area contributed by atoms with Crippen molar-refractivity contribution in [2.24, 2.45) is 11.7 Å². The molecule has 1 aliphatic heterocycles.